The Balaban J connectivity index is 3.01. The van der Waals surface area contributed by atoms with E-state index in [-0.39, 0.29) is 11.9 Å². The lowest BCUT2D eigenvalue weighted by Gasteiger charge is -2.00. The van der Waals surface area contributed by atoms with Gasteiger partial charge in [0.15, 0.2) is 0 Å². The van der Waals surface area contributed by atoms with Crippen LogP contribution < -0.4 is 0 Å². The van der Waals surface area contributed by atoms with Crippen molar-refractivity contribution in [2.24, 2.45) is 0 Å². The van der Waals surface area contributed by atoms with Crippen molar-refractivity contribution in [1.82, 2.24) is 0 Å². The zero-order chi connectivity index (χ0) is 6.41. The summed E-state index contributed by atoms with van der Waals surface area (Å²) in [4.78, 5) is 0. The Kier molecular flexibility index (Phi) is 4.82. The zero-order valence-corrected chi connectivity index (χ0v) is 5.61. The van der Waals surface area contributed by atoms with E-state index in [1.807, 2.05) is 13.0 Å². The molecule has 0 aromatic carbocycles. The van der Waals surface area contributed by atoms with Gasteiger partial charge in [0.1, 0.15) is 0 Å². The number of nitrogens with zero attached hydrogens (tertiary/aromatic N) is 1. The number of aliphatic hydroxyl groups is 1. The molecule has 2 nitrogen and oxygen atoms in total. The molecule has 0 aliphatic carbocycles. The molecule has 0 amide bonds. The Morgan fingerprint density at radius 2 is 2.50 bits per heavy atom. The van der Waals surface area contributed by atoms with Gasteiger partial charge in [-0.25, -0.2) is 0 Å². The topological polar surface area (TPSA) is 44.0 Å². The maximum Gasteiger partial charge on any atom is 0.0811 e. The van der Waals surface area contributed by atoms with Gasteiger partial charge in [0.05, 0.1) is 18.4 Å². The van der Waals surface area contributed by atoms with Crippen molar-refractivity contribution >= 4 is 11.8 Å². The first-order chi connectivity index (χ1) is 3.81. The van der Waals surface area contributed by atoms with Crippen molar-refractivity contribution in [3.05, 3.63) is 0 Å². The third-order valence-corrected chi connectivity index (χ3v) is 1.70. The quantitative estimate of drug-likeness (QED) is 0.610. The molecule has 8 heavy (non-hydrogen) atoms. The van der Waals surface area contributed by atoms with Gasteiger partial charge >= 0.3 is 0 Å². The maximum atomic E-state index is 8.43. The van der Waals surface area contributed by atoms with E-state index in [4.69, 9.17) is 10.4 Å². The monoisotopic (exact) mass is 131 g/mol. The Morgan fingerprint density at radius 3 is 2.88 bits per heavy atom. The van der Waals surface area contributed by atoms with E-state index in [2.05, 4.69) is 0 Å². The molecule has 0 spiro atoms. The SMILES string of the molecule is CC(CO)SCC#N. The third kappa shape index (κ3) is 3.97. The molecule has 0 fully saturated rings. The number of aliphatic hydroxyl groups excluding tert-OH is 1. The molecular weight excluding hydrogens is 122 g/mol. The van der Waals surface area contributed by atoms with Crippen molar-refractivity contribution in [3.8, 4) is 6.07 Å². The Bertz CT molecular complexity index is 88.9. The van der Waals surface area contributed by atoms with Gasteiger partial charge in [-0.15, -0.1) is 11.8 Å². The molecule has 0 aliphatic rings. The Labute approximate surface area is 53.5 Å². The first kappa shape index (κ1) is 7.80. The van der Waals surface area contributed by atoms with Crippen molar-refractivity contribution in [2.75, 3.05) is 12.4 Å². The van der Waals surface area contributed by atoms with Crippen LogP contribution in [-0.4, -0.2) is 22.7 Å². The van der Waals surface area contributed by atoms with E-state index in [9.17, 15) is 0 Å². The summed E-state index contributed by atoms with van der Waals surface area (Å²) in [6, 6.07) is 1.98. The van der Waals surface area contributed by atoms with Crippen LogP contribution in [0.15, 0.2) is 0 Å². The highest BCUT2D eigenvalue weighted by Gasteiger charge is 1.96. The van der Waals surface area contributed by atoms with Crippen LogP contribution in [-0.2, 0) is 0 Å². The molecule has 0 aromatic heterocycles. The standard InChI is InChI=1S/C5H9NOS/c1-5(4-7)8-3-2-6/h5,7H,3-4H2,1H3. The van der Waals surface area contributed by atoms with Gasteiger partial charge in [0.25, 0.3) is 0 Å². The highest BCUT2D eigenvalue weighted by Crippen LogP contribution is 2.06. The van der Waals surface area contributed by atoms with Gasteiger partial charge in [-0.1, -0.05) is 6.92 Å². The second-order valence-electron chi connectivity index (χ2n) is 1.46. The number of hydrogen-bond acceptors (Lipinski definition) is 3. The van der Waals surface area contributed by atoms with Crippen LogP contribution in [0.5, 0.6) is 0 Å². The molecule has 46 valence electrons. The lowest BCUT2D eigenvalue weighted by molar-refractivity contribution is 0.300. The minimum Gasteiger partial charge on any atom is -0.395 e. The summed E-state index contributed by atoms with van der Waals surface area (Å²) in [6.45, 7) is 2.05. The highest BCUT2D eigenvalue weighted by molar-refractivity contribution is 8.00. The van der Waals surface area contributed by atoms with Crippen molar-refractivity contribution in [1.29, 1.82) is 5.26 Å². The lowest BCUT2D eigenvalue weighted by atomic mass is 10.5. The van der Waals surface area contributed by atoms with Crippen LogP contribution in [0.2, 0.25) is 0 Å². The molecule has 0 saturated heterocycles. The van der Waals surface area contributed by atoms with Crippen molar-refractivity contribution in [2.45, 2.75) is 12.2 Å². The van der Waals surface area contributed by atoms with Gasteiger partial charge in [-0.3, -0.25) is 0 Å². The fraction of sp³-hybridized carbons (Fsp3) is 0.800. The zero-order valence-electron chi connectivity index (χ0n) is 4.79. The number of hydrogen-bond donors (Lipinski definition) is 1. The fourth-order valence-electron chi connectivity index (χ4n) is 0.232. The molecule has 0 radical (unpaired) electrons. The lowest BCUT2D eigenvalue weighted by Crippen LogP contribution is -2.01. The van der Waals surface area contributed by atoms with Gasteiger partial charge in [0, 0.05) is 5.25 Å². The van der Waals surface area contributed by atoms with Crippen LogP contribution in [0.25, 0.3) is 0 Å². The number of nitriles is 1. The summed E-state index contributed by atoms with van der Waals surface area (Å²) in [7, 11) is 0. The first-order valence-electron chi connectivity index (χ1n) is 2.40. The minimum absolute atomic E-state index is 0.159. The highest BCUT2D eigenvalue weighted by atomic mass is 32.2. The van der Waals surface area contributed by atoms with Crippen LogP contribution in [0.4, 0.5) is 0 Å². The fourth-order valence-corrected chi connectivity index (χ4v) is 0.697. The molecule has 0 rings (SSSR count). The molecule has 1 N–H and O–H groups in total. The van der Waals surface area contributed by atoms with Crippen LogP contribution in [0.1, 0.15) is 6.92 Å². The summed E-state index contributed by atoms with van der Waals surface area (Å²) in [6.07, 6.45) is 0. The summed E-state index contributed by atoms with van der Waals surface area (Å²) >= 11 is 1.47. The largest absolute Gasteiger partial charge is 0.395 e. The van der Waals surface area contributed by atoms with Crippen LogP contribution >= 0.6 is 11.8 Å². The molecule has 3 heteroatoms. The maximum absolute atomic E-state index is 8.43. The van der Waals surface area contributed by atoms with Gasteiger partial charge in [-0.2, -0.15) is 5.26 Å². The third-order valence-electron chi connectivity index (χ3n) is 0.690. The summed E-state index contributed by atoms with van der Waals surface area (Å²) in [5, 5.41) is 16.7. The molecule has 0 aliphatic heterocycles. The van der Waals surface area contributed by atoms with Crippen LogP contribution in [0, 0.1) is 11.3 Å². The average molecular weight is 131 g/mol. The van der Waals surface area contributed by atoms with E-state index < -0.39 is 0 Å². The van der Waals surface area contributed by atoms with E-state index in [0.29, 0.717) is 5.75 Å². The van der Waals surface area contributed by atoms with E-state index >= 15 is 0 Å². The second-order valence-corrected chi connectivity index (χ2v) is 2.89. The van der Waals surface area contributed by atoms with E-state index in [1.54, 1.807) is 0 Å². The number of thioether (sulfide) groups is 1. The molecule has 1 atom stereocenters. The summed E-state index contributed by atoms with van der Waals surface area (Å²) < 4.78 is 0. The Hall–Kier alpha value is -0.200. The smallest absolute Gasteiger partial charge is 0.0811 e. The first-order valence-corrected chi connectivity index (χ1v) is 3.45. The van der Waals surface area contributed by atoms with E-state index in [0.717, 1.165) is 0 Å². The normalized spacial score (nSPS) is 12.6. The van der Waals surface area contributed by atoms with Crippen molar-refractivity contribution < 1.29 is 5.11 Å². The molecular formula is C5H9NOS. The second kappa shape index (κ2) is 4.95. The van der Waals surface area contributed by atoms with Gasteiger partial charge < -0.3 is 5.11 Å². The summed E-state index contributed by atoms with van der Waals surface area (Å²) in [5.41, 5.74) is 0. The molecule has 0 aromatic rings. The van der Waals surface area contributed by atoms with Crippen molar-refractivity contribution in [3.63, 3.8) is 0 Å². The molecule has 1 unspecified atom stereocenters. The summed E-state index contributed by atoms with van der Waals surface area (Å²) in [5.74, 6) is 0.474. The predicted octanol–water partition coefficient (Wildman–Crippen LogP) is 0.624. The molecule has 0 heterocycles. The Morgan fingerprint density at radius 1 is 1.88 bits per heavy atom. The molecule has 0 saturated carbocycles. The van der Waals surface area contributed by atoms with Gasteiger partial charge in [0.2, 0.25) is 0 Å². The molecule has 0 bridgehead atoms. The van der Waals surface area contributed by atoms with Crippen LogP contribution in [0.3, 0.4) is 0 Å². The predicted molar refractivity (Wildman–Crippen MR) is 34.6 cm³/mol. The van der Waals surface area contributed by atoms with Gasteiger partial charge in [-0.05, 0) is 0 Å². The minimum atomic E-state index is 0.159. The van der Waals surface area contributed by atoms with E-state index in [1.165, 1.54) is 11.8 Å². The number of rotatable bonds is 3. The average Bonchev–Trinajstić information content (AvgIpc) is 1.83.